The van der Waals surface area contributed by atoms with E-state index in [1.165, 1.54) is 0 Å². The van der Waals surface area contributed by atoms with Crippen LogP contribution in [0.25, 0.3) is 10.4 Å². The molecule has 0 amide bonds. The third kappa shape index (κ3) is 4.00. The molecule has 0 aromatic heterocycles. The highest BCUT2D eigenvalue weighted by molar-refractivity contribution is 5.88. The van der Waals surface area contributed by atoms with Crippen LogP contribution >= 0.6 is 0 Å². The quantitative estimate of drug-likeness (QED) is 0.202. The van der Waals surface area contributed by atoms with Crippen molar-refractivity contribution in [2.45, 2.75) is 6.92 Å². The SMILES string of the molecule is C=C(CN=[N+]=[N-])C(=O)OCC. The molecule has 0 bridgehead atoms. The highest BCUT2D eigenvalue weighted by Crippen LogP contribution is 1.94. The molecule has 0 radical (unpaired) electrons. The Morgan fingerprint density at radius 1 is 1.82 bits per heavy atom. The average Bonchev–Trinajstić information content (AvgIpc) is 2.00. The molecule has 0 spiro atoms. The number of carbonyl (C=O) groups excluding carboxylic acids is 1. The van der Waals surface area contributed by atoms with E-state index in [1.54, 1.807) is 6.92 Å². The number of rotatable bonds is 4. The Hall–Kier alpha value is -1.48. The predicted molar refractivity (Wildman–Crippen MR) is 39.8 cm³/mol. The van der Waals surface area contributed by atoms with Gasteiger partial charge in [0.2, 0.25) is 0 Å². The third-order valence-corrected chi connectivity index (χ3v) is 0.889. The van der Waals surface area contributed by atoms with Crippen molar-refractivity contribution in [2.24, 2.45) is 5.11 Å². The van der Waals surface area contributed by atoms with E-state index >= 15 is 0 Å². The van der Waals surface area contributed by atoms with Gasteiger partial charge in [-0.05, 0) is 12.5 Å². The molecule has 0 aliphatic heterocycles. The van der Waals surface area contributed by atoms with Crippen LogP contribution in [-0.4, -0.2) is 19.1 Å². The number of ether oxygens (including phenoxy) is 1. The zero-order chi connectivity index (χ0) is 8.69. The van der Waals surface area contributed by atoms with E-state index in [0.717, 1.165) is 0 Å². The van der Waals surface area contributed by atoms with Crippen LogP contribution in [0.5, 0.6) is 0 Å². The van der Waals surface area contributed by atoms with Crippen molar-refractivity contribution in [3.05, 3.63) is 22.6 Å². The molecule has 5 heteroatoms. The zero-order valence-corrected chi connectivity index (χ0v) is 6.28. The Kier molecular flexibility index (Phi) is 4.60. The number of hydrogen-bond donors (Lipinski definition) is 0. The van der Waals surface area contributed by atoms with Crippen molar-refractivity contribution in [3.8, 4) is 0 Å². The van der Waals surface area contributed by atoms with E-state index in [4.69, 9.17) is 5.53 Å². The summed E-state index contributed by atoms with van der Waals surface area (Å²) in [6, 6.07) is 0. The molecule has 0 saturated carbocycles. The van der Waals surface area contributed by atoms with E-state index in [1.807, 2.05) is 0 Å². The lowest BCUT2D eigenvalue weighted by atomic mass is 10.3. The molecule has 0 aromatic carbocycles. The minimum Gasteiger partial charge on any atom is -0.463 e. The van der Waals surface area contributed by atoms with E-state index in [0.29, 0.717) is 6.61 Å². The first kappa shape index (κ1) is 9.52. The fraction of sp³-hybridized carbons (Fsp3) is 0.500. The lowest BCUT2D eigenvalue weighted by molar-refractivity contribution is -0.138. The minimum atomic E-state index is -0.514. The minimum absolute atomic E-state index is 0.0324. The molecule has 0 aliphatic rings. The molecular formula is C6H9N3O2. The molecule has 5 nitrogen and oxygen atoms in total. The number of esters is 1. The van der Waals surface area contributed by atoms with Gasteiger partial charge >= 0.3 is 5.97 Å². The molecule has 0 N–H and O–H groups in total. The number of carbonyl (C=O) groups is 1. The highest BCUT2D eigenvalue weighted by atomic mass is 16.5. The second kappa shape index (κ2) is 5.32. The maximum absolute atomic E-state index is 10.7. The molecule has 0 atom stereocenters. The van der Waals surface area contributed by atoms with Gasteiger partial charge in [-0.2, -0.15) is 0 Å². The standard InChI is InChI=1S/C6H9N3O2/c1-3-11-6(10)5(2)4-8-9-7/h2-4H2,1H3. The largest absolute Gasteiger partial charge is 0.463 e. The molecule has 0 fully saturated rings. The number of nitrogens with zero attached hydrogens (tertiary/aromatic N) is 3. The summed E-state index contributed by atoms with van der Waals surface area (Å²) < 4.78 is 4.58. The summed E-state index contributed by atoms with van der Waals surface area (Å²) in [7, 11) is 0. The van der Waals surface area contributed by atoms with Gasteiger partial charge in [0.1, 0.15) is 0 Å². The first-order valence-electron chi connectivity index (χ1n) is 3.08. The van der Waals surface area contributed by atoms with Gasteiger partial charge in [-0.15, -0.1) is 0 Å². The number of hydrogen-bond acceptors (Lipinski definition) is 3. The van der Waals surface area contributed by atoms with Crippen molar-refractivity contribution >= 4 is 5.97 Å². The average molecular weight is 155 g/mol. The van der Waals surface area contributed by atoms with Crippen LogP contribution in [0.2, 0.25) is 0 Å². The van der Waals surface area contributed by atoms with Gasteiger partial charge in [-0.1, -0.05) is 11.7 Å². The van der Waals surface area contributed by atoms with E-state index in [9.17, 15) is 4.79 Å². The summed E-state index contributed by atoms with van der Waals surface area (Å²) in [4.78, 5) is 13.2. The van der Waals surface area contributed by atoms with Gasteiger partial charge in [0.05, 0.1) is 13.2 Å². The molecule has 0 aromatic rings. The molecule has 0 heterocycles. The Morgan fingerprint density at radius 2 is 2.45 bits per heavy atom. The van der Waals surface area contributed by atoms with Gasteiger partial charge in [-0.3, -0.25) is 0 Å². The maximum Gasteiger partial charge on any atom is 0.333 e. The first-order valence-corrected chi connectivity index (χ1v) is 3.08. The molecule has 0 saturated heterocycles. The fourth-order valence-electron chi connectivity index (χ4n) is 0.415. The van der Waals surface area contributed by atoms with E-state index in [2.05, 4.69) is 21.3 Å². The monoisotopic (exact) mass is 155 g/mol. The van der Waals surface area contributed by atoms with Crippen molar-refractivity contribution in [1.82, 2.24) is 0 Å². The van der Waals surface area contributed by atoms with Gasteiger partial charge in [0, 0.05) is 10.5 Å². The zero-order valence-electron chi connectivity index (χ0n) is 6.28. The Balaban J connectivity index is 3.83. The second-order valence-electron chi connectivity index (χ2n) is 1.71. The van der Waals surface area contributed by atoms with Crippen LogP contribution in [0.4, 0.5) is 0 Å². The molecule has 0 rings (SSSR count). The lowest BCUT2D eigenvalue weighted by Crippen LogP contribution is -2.08. The van der Waals surface area contributed by atoms with Crippen molar-refractivity contribution in [3.63, 3.8) is 0 Å². The molecule has 11 heavy (non-hydrogen) atoms. The normalized spacial score (nSPS) is 8.09. The fourth-order valence-corrected chi connectivity index (χ4v) is 0.415. The second-order valence-corrected chi connectivity index (χ2v) is 1.71. The first-order chi connectivity index (χ1) is 5.22. The summed E-state index contributed by atoms with van der Waals surface area (Å²) >= 11 is 0. The van der Waals surface area contributed by atoms with Gasteiger partial charge in [0.25, 0.3) is 0 Å². The van der Waals surface area contributed by atoms with Crippen LogP contribution in [0.3, 0.4) is 0 Å². The van der Waals surface area contributed by atoms with Crippen molar-refractivity contribution in [1.29, 1.82) is 0 Å². The van der Waals surface area contributed by atoms with Gasteiger partial charge < -0.3 is 4.74 Å². The summed E-state index contributed by atoms with van der Waals surface area (Å²) in [6.45, 7) is 5.33. The Bertz CT molecular complexity index is 206. The Morgan fingerprint density at radius 3 is 2.91 bits per heavy atom. The van der Waals surface area contributed by atoms with Gasteiger partial charge in [0.15, 0.2) is 0 Å². The summed E-state index contributed by atoms with van der Waals surface area (Å²) in [5, 5.41) is 3.16. The van der Waals surface area contributed by atoms with E-state index < -0.39 is 5.97 Å². The Labute approximate surface area is 64.3 Å². The van der Waals surface area contributed by atoms with Crippen molar-refractivity contribution in [2.75, 3.05) is 13.2 Å². The van der Waals surface area contributed by atoms with Gasteiger partial charge in [-0.25, -0.2) is 4.79 Å². The smallest absolute Gasteiger partial charge is 0.333 e. The molecule has 0 aliphatic carbocycles. The van der Waals surface area contributed by atoms with Crippen LogP contribution < -0.4 is 0 Å². The lowest BCUT2D eigenvalue weighted by Gasteiger charge is -2.00. The van der Waals surface area contributed by atoms with Crippen LogP contribution in [0.1, 0.15) is 6.92 Å². The highest BCUT2D eigenvalue weighted by Gasteiger charge is 2.04. The molecule has 0 unspecified atom stereocenters. The van der Waals surface area contributed by atoms with E-state index in [-0.39, 0.29) is 12.1 Å². The summed E-state index contributed by atoms with van der Waals surface area (Å²) in [5.41, 5.74) is 8.06. The summed E-state index contributed by atoms with van der Waals surface area (Å²) in [6.07, 6.45) is 0. The maximum atomic E-state index is 10.7. The number of azide groups is 1. The van der Waals surface area contributed by atoms with Crippen LogP contribution in [-0.2, 0) is 9.53 Å². The topological polar surface area (TPSA) is 75.1 Å². The summed E-state index contributed by atoms with van der Waals surface area (Å²) in [5.74, 6) is -0.514. The predicted octanol–water partition coefficient (Wildman–Crippen LogP) is 1.42. The van der Waals surface area contributed by atoms with Crippen molar-refractivity contribution < 1.29 is 9.53 Å². The van der Waals surface area contributed by atoms with Crippen LogP contribution in [0, 0.1) is 0 Å². The molecular weight excluding hydrogens is 146 g/mol. The van der Waals surface area contributed by atoms with Crippen LogP contribution in [0.15, 0.2) is 17.3 Å². The third-order valence-electron chi connectivity index (χ3n) is 0.889. The molecule has 60 valence electrons.